The molecule has 0 aliphatic carbocycles. The van der Waals surface area contributed by atoms with E-state index in [1.165, 1.54) is 17.7 Å². The zero-order chi connectivity index (χ0) is 15.2. The van der Waals surface area contributed by atoms with Gasteiger partial charge in [-0.2, -0.15) is 0 Å². The van der Waals surface area contributed by atoms with Crippen LogP contribution in [0.15, 0.2) is 18.2 Å². The van der Waals surface area contributed by atoms with E-state index in [1.54, 1.807) is 0 Å². The number of anilines is 1. The van der Waals surface area contributed by atoms with Crippen LogP contribution >= 0.6 is 11.6 Å². The molecular formula is C17H27ClN2O. The Morgan fingerprint density at radius 3 is 2.95 bits per heavy atom. The highest BCUT2D eigenvalue weighted by atomic mass is 35.5. The molecule has 0 saturated carbocycles. The summed E-state index contributed by atoms with van der Waals surface area (Å²) in [7, 11) is 0. The summed E-state index contributed by atoms with van der Waals surface area (Å²) in [5, 5.41) is 0.787. The summed E-state index contributed by atoms with van der Waals surface area (Å²) in [6, 6.07) is 6.36. The van der Waals surface area contributed by atoms with Crippen LogP contribution in [0.5, 0.6) is 0 Å². The number of piperidine rings is 1. The van der Waals surface area contributed by atoms with Gasteiger partial charge in [-0.3, -0.25) is 0 Å². The minimum atomic E-state index is 0.190. The van der Waals surface area contributed by atoms with Crippen LogP contribution in [0.3, 0.4) is 0 Å². The minimum absolute atomic E-state index is 0.190. The van der Waals surface area contributed by atoms with Gasteiger partial charge in [-0.05, 0) is 56.4 Å². The molecule has 1 heterocycles. The third-order valence-electron chi connectivity index (χ3n) is 4.17. The van der Waals surface area contributed by atoms with E-state index in [0.717, 1.165) is 44.0 Å². The number of ether oxygens (including phenoxy) is 1. The molecule has 4 heteroatoms. The molecule has 0 aromatic heterocycles. The van der Waals surface area contributed by atoms with Gasteiger partial charge in [0, 0.05) is 36.4 Å². The smallest absolute Gasteiger partial charge is 0.0750 e. The number of halogens is 1. The van der Waals surface area contributed by atoms with Crippen molar-refractivity contribution in [2.75, 3.05) is 24.6 Å². The molecule has 0 radical (unpaired) electrons. The Kier molecular flexibility index (Phi) is 6.34. The SMILES string of the molecule is CCOC1CCCN(c2ccc(Cl)cc2CC(N)CC)C1. The highest BCUT2D eigenvalue weighted by Gasteiger charge is 2.22. The molecule has 21 heavy (non-hydrogen) atoms. The number of nitrogens with two attached hydrogens (primary N) is 1. The van der Waals surface area contributed by atoms with Crippen LogP contribution in [0.2, 0.25) is 5.02 Å². The van der Waals surface area contributed by atoms with Gasteiger partial charge >= 0.3 is 0 Å². The first kappa shape index (κ1) is 16.6. The summed E-state index contributed by atoms with van der Waals surface area (Å²) < 4.78 is 5.81. The van der Waals surface area contributed by atoms with Gasteiger partial charge in [0.15, 0.2) is 0 Å². The van der Waals surface area contributed by atoms with Crippen molar-refractivity contribution in [3.8, 4) is 0 Å². The Bertz CT molecular complexity index is 450. The topological polar surface area (TPSA) is 38.5 Å². The van der Waals surface area contributed by atoms with Crippen molar-refractivity contribution in [1.29, 1.82) is 0 Å². The van der Waals surface area contributed by atoms with Gasteiger partial charge < -0.3 is 15.4 Å². The summed E-state index contributed by atoms with van der Waals surface area (Å²) in [4.78, 5) is 2.43. The quantitative estimate of drug-likeness (QED) is 0.872. The van der Waals surface area contributed by atoms with E-state index in [0.29, 0.717) is 6.10 Å². The third kappa shape index (κ3) is 4.60. The van der Waals surface area contributed by atoms with Gasteiger partial charge in [-0.15, -0.1) is 0 Å². The van der Waals surface area contributed by atoms with Gasteiger partial charge in [0.1, 0.15) is 0 Å². The fraction of sp³-hybridized carbons (Fsp3) is 0.647. The van der Waals surface area contributed by atoms with Crippen molar-refractivity contribution in [3.05, 3.63) is 28.8 Å². The lowest BCUT2D eigenvalue weighted by molar-refractivity contribution is 0.0526. The lowest BCUT2D eigenvalue weighted by Gasteiger charge is -2.35. The molecule has 2 N–H and O–H groups in total. The standard InChI is InChI=1S/C17H27ClN2O/c1-3-15(19)11-13-10-14(18)7-8-17(13)20-9-5-6-16(12-20)21-4-2/h7-8,10,15-16H,3-6,9,11-12,19H2,1-2H3. The average Bonchev–Trinajstić information content (AvgIpc) is 2.48. The molecule has 1 fully saturated rings. The zero-order valence-corrected chi connectivity index (χ0v) is 13.9. The van der Waals surface area contributed by atoms with E-state index in [-0.39, 0.29) is 6.04 Å². The van der Waals surface area contributed by atoms with E-state index in [1.807, 2.05) is 6.07 Å². The second kappa shape index (κ2) is 8.02. The second-order valence-electron chi connectivity index (χ2n) is 5.81. The van der Waals surface area contributed by atoms with Crippen molar-refractivity contribution < 1.29 is 4.74 Å². The molecule has 1 aromatic rings. The van der Waals surface area contributed by atoms with Crippen LogP contribution in [-0.2, 0) is 11.2 Å². The van der Waals surface area contributed by atoms with Crippen LogP contribution < -0.4 is 10.6 Å². The fourth-order valence-electron chi connectivity index (χ4n) is 2.98. The minimum Gasteiger partial charge on any atom is -0.377 e. The number of hydrogen-bond acceptors (Lipinski definition) is 3. The molecule has 1 aliphatic heterocycles. The molecule has 1 aromatic carbocycles. The molecule has 0 bridgehead atoms. The first-order valence-corrected chi connectivity index (χ1v) is 8.42. The molecule has 1 aliphatic rings. The highest BCUT2D eigenvalue weighted by molar-refractivity contribution is 6.30. The maximum Gasteiger partial charge on any atom is 0.0750 e. The van der Waals surface area contributed by atoms with E-state index in [4.69, 9.17) is 22.1 Å². The lowest BCUT2D eigenvalue weighted by atomic mass is 10.00. The molecular weight excluding hydrogens is 284 g/mol. The Labute approximate surface area is 133 Å². The van der Waals surface area contributed by atoms with E-state index >= 15 is 0 Å². The highest BCUT2D eigenvalue weighted by Crippen LogP contribution is 2.28. The Morgan fingerprint density at radius 1 is 1.43 bits per heavy atom. The second-order valence-corrected chi connectivity index (χ2v) is 6.25. The number of rotatable bonds is 6. The number of hydrogen-bond donors (Lipinski definition) is 1. The summed E-state index contributed by atoms with van der Waals surface area (Å²) in [6.07, 6.45) is 4.52. The molecule has 1 saturated heterocycles. The van der Waals surface area contributed by atoms with Crippen LogP contribution in [0.4, 0.5) is 5.69 Å². The fourth-order valence-corrected chi connectivity index (χ4v) is 3.18. The number of benzene rings is 1. The molecule has 2 atom stereocenters. The maximum absolute atomic E-state index is 6.18. The van der Waals surface area contributed by atoms with Gasteiger partial charge in [0.25, 0.3) is 0 Å². The summed E-state index contributed by atoms with van der Waals surface area (Å²) >= 11 is 6.18. The van der Waals surface area contributed by atoms with Crippen molar-refractivity contribution in [3.63, 3.8) is 0 Å². The van der Waals surface area contributed by atoms with Crippen molar-refractivity contribution in [2.24, 2.45) is 5.73 Å². The Balaban J connectivity index is 2.17. The Morgan fingerprint density at radius 2 is 2.24 bits per heavy atom. The lowest BCUT2D eigenvalue weighted by Crippen LogP contribution is -2.40. The summed E-state index contributed by atoms with van der Waals surface area (Å²) in [6.45, 7) is 7.02. The van der Waals surface area contributed by atoms with Gasteiger partial charge in [0.05, 0.1) is 6.10 Å². The monoisotopic (exact) mass is 310 g/mol. The zero-order valence-electron chi connectivity index (χ0n) is 13.1. The predicted octanol–water partition coefficient (Wildman–Crippen LogP) is 3.63. The van der Waals surface area contributed by atoms with Crippen molar-refractivity contribution in [1.82, 2.24) is 0 Å². The molecule has 0 amide bonds. The molecule has 0 spiro atoms. The van der Waals surface area contributed by atoms with Crippen molar-refractivity contribution >= 4 is 17.3 Å². The molecule has 2 rings (SSSR count). The largest absolute Gasteiger partial charge is 0.377 e. The van der Waals surface area contributed by atoms with Crippen molar-refractivity contribution in [2.45, 2.75) is 51.7 Å². The molecule has 3 nitrogen and oxygen atoms in total. The average molecular weight is 311 g/mol. The Hall–Kier alpha value is -0.770. The summed E-state index contributed by atoms with van der Waals surface area (Å²) in [5.74, 6) is 0. The molecule has 2 unspecified atom stereocenters. The predicted molar refractivity (Wildman–Crippen MR) is 90.3 cm³/mol. The van der Waals surface area contributed by atoms with E-state index in [9.17, 15) is 0 Å². The van der Waals surface area contributed by atoms with Gasteiger partial charge in [-0.25, -0.2) is 0 Å². The van der Waals surface area contributed by atoms with Crippen LogP contribution in [0.1, 0.15) is 38.7 Å². The normalized spacial score (nSPS) is 20.6. The third-order valence-corrected chi connectivity index (χ3v) is 4.40. The maximum atomic E-state index is 6.18. The van der Waals surface area contributed by atoms with Gasteiger partial charge in [0.2, 0.25) is 0 Å². The first-order chi connectivity index (χ1) is 10.1. The van der Waals surface area contributed by atoms with Crippen LogP contribution in [0, 0.1) is 0 Å². The van der Waals surface area contributed by atoms with Crippen LogP contribution in [0.25, 0.3) is 0 Å². The van der Waals surface area contributed by atoms with Gasteiger partial charge in [-0.1, -0.05) is 18.5 Å². The summed E-state index contributed by atoms with van der Waals surface area (Å²) in [5.41, 5.74) is 8.67. The van der Waals surface area contributed by atoms with E-state index in [2.05, 4.69) is 30.9 Å². The molecule has 118 valence electrons. The first-order valence-electron chi connectivity index (χ1n) is 8.04. The van der Waals surface area contributed by atoms with Crippen LogP contribution in [-0.4, -0.2) is 31.8 Å². The van der Waals surface area contributed by atoms with E-state index < -0.39 is 0 Å². The number of nitrogens with zero attached hydrogens (tertiary/aromatic N) is 1.